The van der Waals surface area contributed by atoms with Gasteiger partial charge in [-0.2, -0.15) is 0 Å². The standard InChI is InChI=1S/C10H18N2O/c1-11-7-4-8-12-10(13)9-5-2-3-6-9/h2-3,9,11H,4-8H2,1H3,(H,12,13). The van der Waals surface area contributed by atoms with Gasteiger partial charge in [-0.25, -0.2) is 0 Å². The molecule has 0 saturated heterocycles. The van der Waals surface area contributed by atoms with Crippen molar-refractivity contribution in [1.82, 2.24) is 10.6 Å². The van der Waals surface area contributed by atoms with Crippen molar-refractivity contribution in [3.05, 3.63) is 12.2 Å². The van der Waals surface area contributed by atoms with Crippen LogP contribution in [-0.2, 0) is 4.79 Å². The van der Waals surface area contributed by atoms with Gasteiger partial charge in [-0.05, 0) is 32.9 Å². The molecule has 0 bridgehead atoms. The largest absolute Gasteiger partial charge is 0.356 e. The van der Waals surface area contributed by atoms with Crippen molar-refractivity contribution >= 4 is 5.91 Å². The molecule has 0 heterocycles. The summed E-state index contributed by atoms with van der Waals surface area (Å²) in [4.78, 5) is 11.4. The van der Waals surface area contributed by atoms with Crippen LogP contribution in [0, 0.1) is 5.92 Å². The maximum atomic E-state index is 11.4. The van der Waals surface area contributed by atoms with Crippen LogP contribution in [0.3, 0.4) is 0 Å². The Kier molecular flexibility index (Phi) is 4.54. The number of hydrogen-bond acceptors (Lipinski definition) is 2. The quantitative estimate of drug-likeness (QED) is 0.485. The molecule has 74 valence electrons. The number of allylic oxidation sites excluding steroid dienone is 2. The van der Waals surface area contributed by atoms with Crippen molar-refractivity contribution in [1.29, 1.82) is 0 Å². The fourth-order valence-electron chi connectivity index (χ4n) is 1.45. The van der Waals surface area contributed by atoms with Gasteiger partial charge in [0.25, 0.3) is 0 Å². The fourth-order valence-corrected chi connectivity index (χ4v) is 1.45. The van der Waals surface area contributed by atoms with E-state index in [0.717, 1.165) is 32.4 Å². The SMILES string of the molecule is CNCCCNC(=O)C1CC=CC1. The Labute approximate surface area is 79.6 Å². The zero-order valence-electron chi connectivity index (χ0n) is 8.18. The van der Waals surface area contributed by atoms with Crippen LogP contribution in [0.1, 0.15) is 19.3 Å². The van der Waals surface area contributed by atoms with E-state index in [2.05, 4.69) is 22.8 Å². The van der Waals surface area contributed by atoms with Gasteiger partial charge in [0.1, 0.15) is 0 Å². The molecule has 0 spiro atoms. The number of nitrogens with one attached hydrogen (secondary N) is 2. The normalized spacial score (nSPS) is 16.4. The molecule has 0 aromatic carbocycles. The number of rotatable bonds is 5. The molecule has 0 saturated carbocycles. The first kappa shape index (κ1) is 10.3. The van der Waals surface area contributed by atoms with Gasteiger partial charge >= 0.3 is 0 Å². The molecule has 0 atom stereocenters. The van der Waals surface area contributed by atoms with Crippen molar-refractivity contribution in [2.75, 3.05) is 20.1 Å². The lowest BCUT2D eigenvalue weighted by molar-refractivity contribution is -0.124. The predicted octanol–water partition coefficient (Wildman–Crippen LogP) is 0.678. The molecule has 0 fully saturated rings. The van der Waals surface area contributed by atoms with Crippen LogP contribution in [0.5, 0.6) is 0 Å². The number of carbonyl (C=O) groups excluding carboxylic acids is 1. The second kappa shape index (κ2) is 5.75. The average molecular weight is 182 g/mol. The van der Waals surface area contributed by atoms with E-state index in [1.165, 1.54) is 0 Å². The summed E-state index contributed by atoms with van der Waals surface area (Å²) in [5.74, 6) is 0.413. The smallest absolute Gasteiger partial charge is 0.223 e. The lowest BCUT2D eigenvalue weighted by atomic mass is 10.1. The van der Waals surface area contributed by atoms with E-state index in [1.807, 2.05) is 7.05 Å². The maximum Gasteiger partial charge on any atom is 0.223 e. The summed E-state index contributed by atoms with van der Waals surface area (Å²) in [5.41, 5.74) is 0. The molecule has 0 aromatic heterocycles. The van der Waals surface area contributed by atoms with Gasteiger partial charge in [-0.3, -0.25) is 4.79 Å². The lowest BCUT2D eigenvalue weighted by Crippen LogP contribution is -2.31. The lowest BCUT2D eigenvalue weighted by Gasteiger charge is -2.09. The van der Waals surface area contributed by atoms with Gasteiger partial charge in [-0.1, -0.05) is 12.2 Å². The van der Waals surface area contributed by atoms with E-state index in [4.69, 9.17) is 0 Å². The summed E-state index contributed by atoms with van der Waals surface area (Å²) in [5, 5.41) is 5.99. The molecule has 3 nitrogen and oxygen atoms in total. The van der Waals surface area contributed by atoms with Gasteiger partial charge < -0.3 is 10.6 Å². The van der Waals surface area contributed by atoms with Gasteiger partial charge in [0.2, 0.25) is 5.91 Å². The van der Waals surface area contributed by atoms with Crippen LogP contribution < -0.4 is 10.6 Å². The molecule has 1 rings (SSSR count). The average Bonchev–Trinajstić information content (AvgIpc) is 2.65. The third-order valence-electron chi connectivity index (χ3n) is 2.28. The monoisotopic (exact) mass is 182 g/mol. The highest BCUT2D eigenvalue weighted by Crippen LogP contribution is 2.17. The third-order valence-corrected chi connectivity index (χ3v) is 2.28. The molecule has 1 aliphatic carbocycles. The van der Waals surface area contributed by atoms with Crippen molar-refractivity contribution in [3.8, 4) is 0 Å². The summed E-state index contributed by atoms with van der Waals surface area (Å²) < 4.78 is 0. The van der Waals surface area contributed by atoms with E-state index >= 15 is 0 Å². The van der Waals surface area contributed by atoms with E-state index in [1.54, 1.807) is 0 Å². The van der Waals surface area contributed by atoms with Gasteiger partial charge in [-0.15, -0.1) is 0 Å². The zero-order chi connectivity index (χ0) is 9.52. The molecule has 3 heteroatoms. The molecule has 0 aliphatic heterocycles. The van der Waals surface area contributed by atoms with Crippen molar-refractivity contribution < 1.29 is 4.79 Å². The Hall–Kier alpha value is -0.830. The molecule has 0 radical (unpaired) electrons. The first-order valence-electron chi connectivity index (χ1n) is 4.92. The van der Waals surface area contributed by atoms with Crippen LogP contribution in [0.25, 0.3) is 0 Å². The van der Waals surface area contributed by atoms with E-state index in [-0.39, 0.29) is 11.8 Å². The number of hydrogen-bond donors (Lipinski definition) is 2. The first-order valence-corrected chi connectivity index (χ1v) is 4.92. The molecule has 1 amide bonds. The molecule has 0 aromatic rings. The van der Waals surface area contributed by atoms with Gasteiger partial charge in [0.15, 0.2) is 0 Å². The molecular weight excluding hydrogens is 164 g/mol. The molecule has 2 N–H and O–H groups in total. The predicted molar refractivity (Wildman–Crippen MR) is 53.4 cm³/mol. The van der Waals surface area contributed by atoms with Crippen LogP contribution >= 0.6 is 0 Å². The minimum Gasteiger partial charge on any atom is -0.356 e. The minimum absolute atomic E-state index is 0.203. The Morgan fingerprint density at radius 2 is 2.08 bits per heavy atom. The van der Waals surface area contributed by atoms with Crippen LogP contribution in [0.15, 0.2) is 12.2 Å². The van der Waals surface area contributed by atoms with Crippen molar-refractivity contribution in [2.45, 2.75) is 19.3 Å². The maximum absolute atomic E-state index is 11.4. The topological polar surface area (TPSA) is 41.1 Å². The van der Waals surface area contributed by atoms with E-state index in [0.29, 0.717) is 0 Å². The summed E-state index contributed by atoms with van der Waals surface area (Å²) in [6, 6.07) is 0. The molecule has 0 unspecified atom stereocenters. The Morgan fingerprint density at radius 3 is 2.69 bits per heavy atom. The Morgan fingerprint density at radius 1 is 1.38 bits per heavy atom. The minimum atomic E-state index is 0.203. The Bertz CT molecular complexity index is 181. The second-order valence-corrected chi connectivity index (χ2v) is 3.39. The zero-order valence-corrected chi connectivity index (χ0v) is 8.18. The van der Waals surface area contributed by atoms with E-state index in [9.17, 15) is 4.79 Å². The van der Waals surface area contributed by atoms with Crippen LogP contribution in [0.4, 0.5) is 0 Å². The first-order chi connectivity index (χ1) is 6.34. The van der Waals surface area contributed by atoms with E-state index < -0.39 is 0 Å². The highest BCUT2D eigenvalue weighted by atomic mass is 16.1. The summed E-state index contributed by atoms with van der Waals surface area (Å²) in [7, 11) is 1.92. The number of amides is 1. The van der Waals surface area contributed by atoms with Crippen molar-refractivity contribution in [3.63, 3.8) is 0 Å². The highest BCUT2D eigenvalue weighted by Gasteiger charge is 2.17. The summed E-state index contributed by atoms with van der Waals surface area (Å²) in [6.07, 6.45) is 6.99. The van der Waals surface area contributed by atoms with Gasteiger partial charge in [0.05, 0.1) is 0 Å². The van der Waals surface area contributed by atoms with Crippen molar-refractivity contribution in [2.24, 2.45) is 5.92 Å². The van der Waals surface area contributed by atoms with Crippen LogP contribution in [0.2, 0.25) is 0 Å². The highest BCUT2D eigenvalue weighted by molar-refractivity contribution is 5.79. The molecule has 1 aliphatic rings. The van der Waals surface area contributed by atoms with Gasteiger partial charge in [0, 0.05) is 12.5 Å². The number of carbonyl (C=O) groups is 1. The summed E-state index contributed by atoms with van der Waals surface area (Å²) in [6.45, 7) is 1.75. The molecule has 13 heavy (non-hydrogen) atoms. The Balaban J connectivity index is 2.04. The fraction of sp³-hybridized carbons (Fsp3) is 0.700. The second-order valence-electron chi connectivity index (χ2n) is 3.39. The molecular formula is C10H18N2O. The van der Waals surface area contributed by atoms with Crippen LogP contribution in [-0.4, -0.2) is 26.0 Å². The summed E-state index contributed by atoms with van der Waals surface area (Å²) >= 11 is 0. The third kappa shape index (κ3) is 3.59.